The number of nitrogens with zero attached hydrogens (tertiary/aromatic N) is 2. The van der Waals surface area contributed by atoms with Crippen LogP contribution < -0.4 is 5.73 Å². The summed E-state index contributed by atoms with van der Waals surface area (Å²) in [6.07, 6.45) is 1.74. The van der Waals surface area contributed by atoms with Crippen molar-refractivity contribution in [2.45, 2.75) is 6.42 Å². The van der Waals surface area contributed by atoms with Crippen molar-refractivity contribution in [2.75, 3.05) is 19.9 Å². The van der Waals surface area contributed by atoms with Crippen molar-refractivity contribution in [3.8, 4) is 0 Å². The molecular weight excluding hydrogens is 182 g/mol. The maximum atomic E-state index is 11.4. The Morgan fingerprint density at radius 1 is 1.64 bits per heavy atom. The van der Waals surface area contributed by atoms with Gasteiger partial charge in [-0.15, -0.1) is 0 Å². The van der Waals surface area contributed by atoms with E-state index >= 15 is 0 Å². The molecule has 1 aromatic heterocycles. The molecule has 0 radical (unpaired) electrons. The molecule has 2 N–H and O–H groups in total. The zero-order valence-electron chi connectivity index (χ0n) is 8.23. The van der Waals surface area contributed by atoms with E-state index in [1.807, 2.05) is 0 Å². The van der Waals surface area contributed by atoms with Crippen LogP contribution in [0.1, 0.15) is 5.69 Å². The predicted molar refractivity (Wildman–Crippen MR) is 52.1 cm³/mol. The molecule has 0 aromatic carbocycles. The van der Waals surface area contributed by atoms with Crippen LogP contribution in [-0.4, -0.2) is 30.1 Å². The van der Waals surface area contributed by atoms with Gasteiger partial charge in [-0.2, -0.15) is 0 Å². The summed E-state index contributed by atoms with van der Waals surface area (Å²) < 4.78 is 0. The molecule has 1 rings (SSSR count). The highest BCUT2D eigenvalue weighted by atomic mass is 16.7. The maximum absolute atomic E-state index is 11.4. The number of likely N-dealkylation sites (N-methyl/N-ethyl adjacent to an activating group) is 1. The fourth-order valence-corrected chi connectivity index (χ4v) is 0.909. The third-order valence-electron chi connectivity index (χ3n) is 1.81. The first-order valence-electron chi connectivity index (χ1n) is 4.14. The van der Waals surface area contributed by atoms with Gasteiger partial charge in [-0.3, -0.25) is 14.6 Å². The summed E-state index contributed by atoms with van der Waals surface area (Å²) in [6, 6.07) is 3.43. The van der Waals surface area contributed by atoms with Gasteiger partial charge in [-0.05, 0) is 12.1 Å². The fraction of sp³-hybridized carbons (Fsp3) is 0.333. The van der Waals surface area contributed by atoms with Crippen molar-refractivity contribution in [3.05, 3.63) is 24.0 Å². The zero-order chi connectivity index (χ0) is 10.6. The van der Waals surface area contributed by atoms with Crippen LogP contribution in [0.25, 0.3) is 0 Å². The molecule has 0 unspecified atom stereocenters. The van der Waals surface area contributed by atoms with E-state index in [2.05, 4.69) is 4.98 Å². The highest BCUT2D eigenvalue weighted by Gasteiger charge is 2.09. The standard InChI is InChI=1S/C9H13N3O2/c1-12(14-2)9(13)5-8-4-3-7(10)6-11-8/h3-4,6H,5,10H2,1-2H3. The molecule has 0 aliphatic rings. The fourth-order valence-electron chi connectivity index (χ4n) is 0.909. The van der Waals surface area contributed by atoms with Crippen LogP contribution in [0.2, 0.25) is 0 Å². The van der Waals surface area contributed by atoms with Crippen LogP contribution in [0, 0.1) is 0 Å². The number of carbonyl (C=O) groups is 1. The summed E-state index contributed by atoms with van der Waals surface area (Å²) in [5, 5.41) is 1.16. The number of carbonyl (C=O) groups excluding carboxylic acids is 1. The van der Waals surface area contributed by atoms with E-state index in [4.69, 9.17) is 10.6 Å². The van der Waals surface area contributed by atoms with Crippen LogP contribution in [-0.2, 0) is 16.1 Å². The van der Waals surface area contributed by atoms with Crippen LogP contribution in [0.15, 0.2) is 18.3 Å². The Bertz CT molecular complexity index is 310. The molecule has 0 saturated heterocycles. The second-order valence-corrected chi connectivity index (χ2v) is 2.83. The molecule has 14 heavy (non-hydrogen) atoms. The third-order valence-corrected chi connectivity index (χ3v) is 1.81. The van der Waals surface area contributed by atoms with Gasteiger partial charge in [0, 0.05) is 12.7 Å². The molecule has 0 saturated carbocycles. The minimum atomic E-state index is -0.148. The van der Waals surface area contributed by atoms with Crippen molar-refractivity contribution >= 4 is 11.6 Å². The first-order valence-corrected chi connectivity index (χ1v) is 4.14. The number of nitrogen functional groups attached to an aromatic ring is 1. The van der Waals surface area contributed by atoms with Gasteiger partial charge in [0.05, 0.1) is 25.4 Å². The summed E-state index contributed by atoms with van der Waals surface area (Å²) in [6.45, 7) is 0. The van der Waals surface area contributed by atoms with Crippen LogP contribution in [0.3, 0.4) is 0 Å². The molecule has 5 heteroatoms. The molecule has 0 aliphatic carbocycles. The second-order valence-electron chi connectivity index (χ2n) is 2.83. The second kappa shape index (κ2) is 4.57. The van der Waals surface area contributed by atoms with Crippen molar-refractivity contribution < 1.29 is 9.63 Å². The monoisotopic (exact) mass is 195 g/mol. The number of anilines is 1. The zero-order valence-corrected chi connectivity index (χ0v) is 8.23. The lowest BCUT2D eigenvalue weighted by Gasteiger charge is -2.12. The van der Waals surface area contributed by atoms with Gasteiger partial charge in [0.25, 0.3) is 5.91 Å². The van der Waals surface area contributed by atoms with Crippen molar-refractivity contribution in [2.24, 2.45) is 0 Å². The predicted octanol–water partition coefficient (Wildman–Crippen LogP) is 0.226. The largest absolute Gasteiger partial charge is 0.397 e. The molecule has 0 fully saturated rings. The summed E-state index contributed by atoms with van der Waals surface area (Å²) in [7, 11) is 2.99. The molecule has 0 bridgehead atoms. The number of rotatable bonds is 3. The van der Waals surface area contributed by atoms with Crippen molar-refractivity contribution in [1.82, 2.24) is 10.0 Å². The van der Waals surface area contributed by atoms with E-state index in [0.29, 0.717) is 11.4 Å². The van der Waals surface area contributed by atoms with Gasteiger partial charge < -0.3 is 5.73 Å². The maximum Gasteiger partial charge on any atom is 0.251 e. The Hall–Kier alpha value is -1.62. The average molecular weight is 195 g/mol. The minimum absolute atomic E-state index is 0.148. The minimum Gasteiger partial charge on any atom is -0.397 e. The first-order chi connectivity index (χ1) is 6.63. The number of hydrogen-bond donors (Lipinski definition) is 1. The summed E-state index contributed by atoms with van der Waals surface area (Å²) >= 11 is 0. The number of aromatic nitrogens is 1. The third kappa shape index (κ3) is 2.70. The molecular formula is C9H13N3O2. The van der Waals surface area contributed by atoms with Gasteiger partial charge in [0.2, 0.25) is 0 Å². The molecule has 5 nitrogen and oxygen atoms in total. The van der Waals surface area contributed by atoms with E-state index in [9.17, 15) is 4.79 Å². The van der Waals surface area contributed by atoms with E-state index in [1.165, 1.54) is 13.3 Å². The number of amides is 1. The van der Waals surface area contributed by atoms with Crippen LogP contribution in [0.4, 0.5) is 5.69 Å². The Balaban J connectivity index is 2.60. The number of nitrogens with two attached hydrogens (primary N) is 1. The average Bonchev–Trinajstić information content (AvgIpc) is 2.20. The van der Waals surface area contributed by atoms with Gasteiger partial charge in [0.15, 0.2) is 0 Å². The Morgan fingerprint density at radius 2 is 2.36 bits per heavy atom. The molecule has 1 heterocycles. The summed E-state index contributed by atoms with van der Waals surface area (Å²) in [5.74, 6) is -0.148. The van der Waals surface area contributed by atoms with Crippen molar-refractivity contribution in [3.63, 3.8) is 0 Å². The van der Waals surface area contributed by atoms with Gasteiger partial charge in [-0.1, -0.05) is 0 Å². The highest BCUT2D eigenvalue weighted by molar-refractivity contribution is 5.77. The molecule has 0 spiro atoms. The number of hydroxylamine groups is 2. The summed E-state index contributed by atoms with van der Waals surface area (Å²) in [4.78, 5) is 20.1. The van der Waals surface area contributed by atoms with Gasteiger partial charge in [0.1, 0.15) is 0 Å². The van der Waals surface area contributed by atoms with E-state index in [0.717, 1.165) is 5.06 Å². The molecule has 76 valence electrons. The summed E-state index contributed by atoms with van der Waals surface area (Å²) in [5.41, 5.74) is 6.72. The normalized spacial score (nSPS) is 9.86. The van der Waals surface area contributed by atoms with E-state index in [1.54, 1.807) is 19.2 Å². The molecule has 0 atom stereocenters. The molecule has 1 amide bonds. The molecule has 1 aromatic rings. The Labute approximate surface area is 82.4 Å². The Kier molecular flexibility index (Phi) is 3.41. The van der Waals surface area contributed by atoms with Crippen LogP contribution in [0.5, 0.6) is 0 Å². The smallest absolute Gasteiger partial charge is 0.251 e. The van der Waals surface area contributed by atoms with Crippen LogP contribution >= 0.6 is 0 Å². The Morgan fingerprint density at radius 3 is 2.86 bits per heavy atom. The lowest BCUT2D eigenvalue weighted by atomic mass is 10.2. The lowest BCUT2D eigenvalue weighted by molar-refractivity contribution is -0.167. The SMILES string of the molecule is CON(C)C(=O)Cc1ccc(N)cn1. The van der Waals surface area contributed by atoms with Gasteiger partial charge >= 0.3 is 0 Å². The highest BCUT2D eigenvalue weighted by Crippen LogP contribution is 2.03. The number of pyridine rings is 1. The van der Waals surface area contributed by atoms with E-state index < -0.39 is 0 Å². The quantitative estimate of drug-likeness (QED) is 0.701. The van der Waals surface area contributed by atoms with Crippen molar-refractivity contribution in [1.29, 1.82) is 0 Å². The first kappa shape index (κ1) is 10.5. The lowest BCUT2D eigenvalue weighted by Crippen LogP contribution is -2.27. The number of hydrogen-bond acceptors (Lipinski definition) is 4. The van der Waals surface area contributed by atoms with Gasteiger partial charge in [-0.25, -0.2) is 5.06 Å². The topological polar surface area (TPSA) is 68.5 Å². The van der Waals surface area contributed by atoms with E-state index in [-0.39, 0.29) is 12.3 Å². The molecule has 0 aliphatic heterocycles.